The lowest BCUT2D eigenvalue weighted by Crippen LogP contribution is -3.00. The normalized spacial score (nSPS) is 23.1. The number of quaternary nitrogens is 1. The molecule has 1 aliphatic heterocycles. The third kappa shape index (κ3) is 4.31. The molecule has 0 N–H and O–H groups in total. The van der Waals surface area contributed by atoms with Gasteiger partial charge in [0.25, 0.3) is 0 Å². The van der Waals surface area contributed by atoms with Crippen LogP contribution >= 0.6 is 0 Å². The maximum atomic E-state index is 2.48. The van der Waals surface area contributed by atoms with Gasteiger partial charge in [-0.05, 0) is 26.2 Å². The Hall–Kier alpha value is -0.270. The van der Waals surface area contributed by atoms with Gasteiger partial charge in [-0.25, -0.2) is 0 Å². The van der Waals surface area contributed by atoms with E-state index in [0.717, 1.165) is 4.48 Å². The third-order valence-corrected chi connectivity index (χ3v) is 3.34. The number of hydrogen-bond acceptors (Lipinski definition) is 0. The van der Waals surface area contributed by atoms with Crippen molar-refractivity contribution in [2.45, 2.75) is 52.9 Å². The fraction of sp³-hybridized carbons (Fsp3) is 0.714. The molecule has 0 fully saturated rings. The molecule has 0 aromatic rings. The molecule has 94 valence electrons. The van der Waals surface area contributed by atoms with Crippen LogP contribution in [-0.2, 0) is 0 Å². The first kappa shape index (κ1) is 15.7. The lowest BCUT2D eigenvalue weighted by atomic mass is 10.1. The first-order chi connectivity index (χ1) is 7.26. The molecule has 0 aliphatic carbocycles. The number of rotatable bonds is 7. The van der Waals surface area contributed by atoms with Crippen molar-refractivity contribution in [3.63, 3.8) is 0 Å². The quantitative estimate of drug-likeness (QED) is 0.590. The second kappa shape index (κ2) is 7.92. The van der Waals surface area contributed by atoms with Crippen LogP contribution in [0.5, 0.6) is 0 Å². The predicted molar refractivity (Wildman–Crippen MR) is 67.3 cm³/mol. The lowest BCUT2D eigenvalue weighted by Gasteiger charge is -2.27. The SMILES string of the molecule is CCCCC1=C[N+](CC)(CCCC)C=C1.[Cl-]. The molecule has 0 aromatic carbocycles. The Labute approximate surface area is 107 Å². The highest BCUT2D eigenvalue weighted by Crippen LogP contribution is 2.24. The average Bonchev–Trinajstić information content (AvgIpc) is 2.68. The smallest absolute Gasteiger partial charge is 0.104 e. The average molecular weight is 244 g/mol. The number of allylic oxidation sites excluding steroid dienone is 2. The van der Waals surface area contributed by atoms with E-state index < -0.39 is 0 Å². The summed E-state index contributed by atoms with van der Waals surface area (Å²) in [5.74, 6) is 0. The van der Waals surface area contributed by atoms with Crippen molar-refractivity contribution < 1.29 is 16.9 Å². The summed E-state index contributed by atoms with van der Waals surface area (Å²) in [6.07, 6.45) is 13.7. The number of halogens is 1. The monoisotopic (exact) mass is 243 g/mol. The molecule has 0 radical (unpaired) electrons. The van der Waals surface area contributed by atoms with Crippen LogP contribution in [0.4, 0.5) is 0 Å². The molecule has 2 heteroatoms. The molecule has 0 bridgehead atoms. The van der Waals surface area contributed by atoms with E-state index in [4.69, 9.17) is 0 Å². The van der Waals surface area contributed by atoms with Crippen molar-refractivity contribution in [2.75, 3.05) is 13.1 Å². The Morgan fingerprint density at radius 3 is 2.31 bits per heavy atom. The molecular formula is C14H26ClN. The minimum absolute atomic E-state index is 0. The van der Waals surface area contributed by atoms with Crippen molar-refractivity contribution >= 4 is 0 Å². The molecular weight excluding hydrogens is 218 g/mol. The summed E-state index contributed by atoms with van der Waals surface area (Å²) < 4.78 is 1.09. The van der Waals surface area contributed by atoms with Gasteiger partial charge in [0.2, 0.25) is 0 Å². The van der Waals surface area contributed by atoms with Crippen LogP contribution < -0.4 is 12.4 Å². The summed E-state index contributed by atoms with van der Waals surface area (Å²) in [5, 5.41) is 0. The van der Waals surface area contributed by atoms with Gasteiger partial charge in [-0.3, -0.25) is 4.48 Å². The van der Waals surface area contributed by atoms with Crippen molar-refractivity contribution in [3.8, 4) is 0 Å². The van der Waals surface area contributed by atoms with Gasteiger partial charge in [0.05, 0.1) is 13.1 Å². The van der Waals surface area contributed by atoms with Gasteiger partial charge in [0.15, 0.2) is 0 Å². The van der Waals surface area contributed by atoms with Crippen LogP contribution in [0.2, 0.25) is 0 Å². The van der Waals surface area contributed by atoms with Crippen LogP contribution in [0.3, 0.4) is 0 Å². The Morgan fingerprint density at radius 1 is 1.06 bits per heavy atom. The molecule has 0 amide bonds. The summed E-state index contributed by atoms with van der Waals surface area (Å²) >= 11 is 0. The maximum absolute atomic E-state index is 2.48. The summed E-state index contributed by atoms with van der Waals surface area (Å²) in [4.78, 5) is 0. The largest absolute Gasteiger partial charge is 1.00 e. The predicted octanol–water partition coefficient (Wildman–Crippen LogP) is 1.23. The Kier molecular flexibility index (Phi) is 7.78. The molecule has 1 nitrogen and oxygen atoms in total. The number of nitrogens with zero attached hydrogens (tertiary/aromatic N) is 1. The van der Waals surface area contributed by atoms with E-state index in [9.17, 15) is 0 Å². The van der Waals surface area contributed by atoms with Crippen molar-refractivity contribution in [1.29, 1.82) is 0 Å². The third-order valence-electron chi connectivity index (χ3n) is 3.34. The molecule has 16 heavy (non-hydrogen) atoms. The van der Waals surface area contributed by atoms with E-state index in [1.54, 1.807) is 5.57 Å². The molecule has 1 atom stereocenters. The van der Waals surface area contributed by atoms with E-state index >= 15 is 0 Å². The Bertz CT molecular complexity index is 245. The molecule has 0 saturated carbocycles. The van der Waals surface area contributed by atoms with Gasteiger partial charge in [-0.1, -0.05) is 26.7 Å². The van der Waals surface area contributed by atoms with Gasteiger partial charge in [0.1, 0.15) is 12.4 Å². The molecule has 1 unspecified atom stereocenters. The zero-order chi connectivity index (χ0) is 11.1. The van der Waals surface area contributed by atoms with E-state index in [2.05, 4.69) is 39.2 Å². The standard InChI is InChI=1S/C14H26N.ClH/c1-4-7-9-14-10-12-15(6-3,13-14)11-8-5-2;/h10,12-13H,4-9,11H2,1-3H3;1H/q+1;/p-1. The topological polar surface area (TPSA) is 0 Å². The fourth-order valence-electron chi connectivity index (χ4n) is 2.14. The van der Waals surface area contributed by atoms with Crippen LogP contribution in [-0.4, -0.2) is 17.6 Å². The minimum atomic E-state index is 0. The Morgan fingerprint density at radius 2 is 1.75 bits per heavy atom. The molecule has 0 spiro atoms. The summed E-state index contributed by atoms with van der Waals surface area (Å²) in [7, 11) is 0. The Balaban J connectivity index is 0.00000225. The fourth-order valence-corrected chi connectivity index (χ4v) is 2.14. The second-order valence-electron chi connectivity index (χ2n) is 4.62. The summed E-state index contributed by atoms with van der Waals surface area (Å²) in [5.41, 5.74) is 1.55. The summed E-state index contributed by atoms with van der Waals surface area (Å²) in [6, 6.07) is 0. The molecule has 1 heterocycles. The van der Waals surface area contributed by atoms with Gasteiger partial charge in [0, 0.05) is 11.6 Å². The van der Waals surface area contributed by atoms with Gasteiger partial charge in [-0.2, -0.15) is 0 Å². The molecule has 0 aromatic heterocycles. The van der Waals surface area contributed by atoms with Gasteiger partial charge in [-0.15, -0.1) is 0 Å². The molecule has 1 rings (SSSR count). The number of unbranched alkanes of at least 4 members (excludes halogenated alkanes) is 2. The van der Waals surface area contributed by atoms with Crippen molar-refractivity contribution in [3.05, 3.63) is 24.0 Å². The van der Waals surface area contributed by atoms with Crippen molar-refractivity contribution in [2.24, 2.45) is 0 Å². The first-order valence-corrected chi connectivity index (χ1v) is 6.53. The van der Waals surface area contributed by atoms with Crippen LogP contribution in [0.1, 0.15) is 52.9 Å². The summed E-state index contributed by atoms with van der Waals surface area (Å²) in [6.45, 7) is 9.30. The van der Waals surface area contributed by atoms with Gasteiger partial charge < -0.3 is 12.4 Å². The minimum Gasteiger partial charge on any atom is -1.00 e. The molecule has 1 aliphatic rings. The lowest BCUT2D eigenvalue weighted by molar-refractivity contribution is -0.824. The highest BCUT2D eigenvalue weighted by molar-refractivity contribution is 5.19. The molecule has 0 saturated heterocycles. The van der Waals surface area contributed by atoms with E-state index in [0.29, 0.717) is 0 Å². The highest BCUT2D eigenvalue weighted by atomic mass is 35.5. The van der Waals surface area contributed by atoms with E-state index in [-0.39, 0.29) is 12.4 Å². The van der Waals surface area contributed by atoms with Gasteiger partial charge >= 0.3 is 0 Å². The van der Waals surface area contributed by atoms with Crippen LogP contribution in [0, 0.1) is 0 Å². The zero-order valence-corrected chi connectivity index (χ0v) is 11.8. The van der Waals surface area contributed by atoms with E-state index in [1.165, 1.54) is 45.2 Å². The number of hydrogen-bond donors (Lipinski definition) is 0. The van der Waals surface area contributed by atoms with Crippen LogP contribution in [0.25, 0.3) is 0 Å². The highest BCUT2D eigenvalue weighted by Gasteiger charge is 2.24. The van der Waals surface area contributed by atoms with Crippen LogP contribution in [0.15, 0.2) is 24.0 Å². The maximum Gasteiger partial charge on any atom is 0.104 e. The zero-order valence-electron chi connectivity index (χ0n) is 11.0. The van der Waals surface area contributed by atoms with E-state index in [1.807, 2.05) is 0 Å². The van der Waals surface area contributed by atoms with Crippen molar-refractivity contribution in [1.82, 2.24) is 0 Å². The second-order valence-corrected chi connectivity index (χ2v) is 4.62. The first-order valence-electron chi connectivity index (χ1n) is 6.53.